The zero-order chi connectivity index (χ0) is 14.4. The van der Waals surface area contributed by atoms with Crippen molar-refractivity contribution >= 4 is 5.97 Å². The summed E-state index contributed by atoms with van der Waals surface area (Å²) in [6.07, 6.45) is 5.87. The highest BCUT2D eigenvalue weighted by Crippen LogP contribution is 2.21. The molecule has 0 saturated carbocycles. The molecule has 0 aromatic carbocycles. The summed E-state index contributed by atoms with van der Waals surface area (Å²) < 4.78 is 7.28. The van der Waals surface area contributed by atoms with Crippen LogP contribution in [0.25, 0.3) is 0 Å². The Kier molecular flexibility index (Phi) is 5.46. The zero-order valence-electron chi connectivity index (χ0n) is 11.9. The molecule has 0 amide bonds. The third-order valence-corrected chi connectivity index (χ3v) is 3.65. The first kappa shape index (κ1) is 14.9. The molecule has 20 heavy (non-hydrogen) atoms. The fraction of sp³-hybridized carbons (Fsp3) is 0.846. The monoisotopic (exact) mass is 282 g/mol. The smallest absolute Gasteiger partial charge is 0.305 e. The van der Waals surface area contributed by atoms with Crippen LogP contribution in [-0.4, -0.2) is 44.0 Å². The van der Waals surface area contributed by atoms with Crippen LogP contribution in [0.4, 0.5) is 0 Å². The summed E-state index contributed by atoms with van der Waals surface area (Å²) >= 11 is 0. The first-order valence-corrected chi connectivity index (χ1v) is 7.30. The predicted octanol–water partition coefficient (Wildman–Crippen LogP) is 1.60. The van der Waals surface area contributed by atoms with Crippen LogP contribution in [0, 0.1) is 0 Å². The molecule has 2 rings (SSSR count). The molecular weight excluding hydrogens is 260 g/mol. The summed E-state index contributed by atoms with van der Waals surface area (Å²) in [6, 6.07) is -0.160. The second-order valence-electron chi connectivity index (χ2n) is 5.25. The van der Waals surface area contributed by atoms with E-state index in [1.165, 1.54) is 0 Å². The largest absolute Gasteiger partial charge is 0.481 e. The highest BCUT2D eigenvalue weighted by atomic mass is 16.5. The van der Waals surface area contributed by atoms with Gasteiger partial charge in [-0.1, -0.05) is 13.3 Å². The van der Waals surface area contributed by atoms with Crippen LogP contribution in [0.15, 0.2) is 0 Å². The normalized spacial score (nSPS) is 20.1. The zero-order valence-corrected chi connectivity index (χ0v) is 11.9. The van der Waals surface area contributed by atoms with Gasteiger partial charge in [0, 0.05) is 13.0 Å². The Balaban J connectivity index is 1.98. The number of aliphatic carboxylic acids is 1. The van der Waals surface area contributed by atoms with Crippen LogP contribution in [0.1, 0.15) is 57.3 Å². The molecule has 7 nitrogen and oxygen atoms in total. The average Bonchev–Trinajstić information content (AvgIpc) is 3.06. The molecule has 2 atom stereocenters. The number of tetrazole rings is 1. The van der Waals surface area contributed by atoms with Crippen molar-refractivity contribution in [2.45, 2.75) is 64.0 Å². The van der Waals surface area contributed by atoms with Gasteiger partial charge in [0.1, 0.15) is 0 Å². The molecule has 0 spiro atoms. The van der Waals surface area contributed by atoms with E-state index in [4.69, 9.17) is 9.84 Å². The Labute approximate surface area is 118 Å². The molecule has 1 aromatic heterocycles. The lowest BCUT2D eigenvalue weighted by molar-refractivity contribution is -0.138. The van der Waals surface area contributed by atoms with Crippen LogP contribution in [0.2, 0.25) is 0 Å². The molecule has 1 N–H and O–H groups in total. The predicted molar refractivity (Wildman–Crippen MR) is 71.3 cm³/mol. The fourth-order valence-electron chi connectivity index (χ4n) is 2.67. The van der Waals surface area contributed by atoms with Crippen molar-refractivity contribution in [1.82, 2.24) is 20.2 Å². The minimum absolute atomic E-state index is 0.0613. The molecular formula is C13H22N4O3. The molecule has 1 aromatic rings. The van der Waals surface area contributed by atoms with Gasteiger partial charge in [0.25, 0.3) is 0 Å². The quantitative estimate of drug-likeness (QED) is 0.779. The van der Waals surface area contributed by atoms with Gasteiger partial charge in [0.05, 0.1) is 18.6 Å². The van der Waals surface area contributed by atoms with Gasteiger partial charge in [0.15, 0.2) is 5.82 Å². The van der Waals surface area contributed by atoms with Gasteiger partial charge in [-0.15, -0.1) is 5.10 Å². The van der Waals surface area contributed by atoms with Gasteiger partial charge in [-0.3, -0.25) is 4.79 Å². The van der Waals surface area contributed by atoms with Crippen molar-refractivity contribution in [1.29, 1.82) is 0 Å². The number of aromatic nitrogens is 4. The summed E-state index contributed by atoms with van der Waals surface area (Å²) in [5.41, 5.74) is 0. The molecule has 1 saturated heterocycles. The lowest BCUT2D eigenvalue weighted by Crippen LogP contribution is -2.19. The van der Waals surface area contributed by atoms with Crippen molar-refractivity contribution in [3.8, 4) is 0 Å². The highest BCUT2D eigenvalue weighted by Gasteiger charge is 2.21. The van der Waals surface area contributed by atoms with Crippen LogP contribution >= 0.6 is 0 Å². The van der Waals surface area contributed by atoms with E-state index < -0.39 is 5.97 Å². The maximum atomic E-state index is 11.0. The number of carboxylic acids is 1. The van der Waals surface area contributed by atoms with Crippen molar-refractivity contribution in [3.05, 3.63) is 5.82 Å². The van der Waals surface area contributed by atoms with E-state index in [0.29, 0.717) is 6.10 Å². The van der Waals surface area contributed by atoms with Gasteiger partial charge in [0.2, 0.25) is 0 Å². The molecule has 1 fully saturated rings. The average molecular weight is 282 g/mol. The Bertz CT molecular complexity index is 429. The molecule has 1 aliphatic heterocycles. The number of carboxylic acid groups (broad SMARTS) is 1. The molecule has 7 heteroatoms. The van der Waals surface area contributed by atoms with Crippen molar-refractivity contribution < 1.29 is 14.6 Å². The summed E-state index contributed by atoms with van der Waals surface area (Å²) in [7, 11) is 0. The van der Waals surface area contributed by atoms with Gasteiger partial charge in [-0.25, -0.2) is 4.68 Å². The number of hydrogen-bond donors (Lipinski definition) is 1. The molecule has 0 bridgehead atoms. The minimum atomic E-state index is -0.816. The summed E-state index contributed by atoms with van der Waals surface area (Å²) in [6.45, 7) is 2.87. The first-order valence-electron chi connectivity index (χ1n) is 7.30. The first-order chi connectivity index (χ1) is 9.70. The lowest BCUT2D eigenvalue weighted by Gasteiger charge is -2.16. The Hall–Kier alpha value is -1.50. The topological polar surface area (TPSA) is 90.1 Å². The van der Waals surface area contributed by atoms with Crippen LogP contribution in [0.3, 0.4) is 0 Å². The third kappa shape index (κ3) is 4.00. The maximum absolute atomic E-state index is 11.0. The summed E-state index contributed by atoms with van der Waals surface area (Å²) in [5.74, 6) is -0.0516. The van der Waals surface area contributed by atoms with Crippen LogP contribution in [-0.2, 0) is 16.0 Å². The Morgan fingerprint density at radius 2 is 2.45 bits per heavy atom. The van der Waals surface area contributed by atoms with Crippen molar-refractivity contribution in [3.63, 3.8) is 0 Å². The van der Waals surface area contributed by atoms with E-state index in [0.717, 1.165) is 51.0 Å². The minimum Gasteiger partial charge on any atom is -0.481 e. The van der Waals surface area contributed by atoms with Gasteiger partial charge in [-0.05, 0) is 36.1 Å². The summed E-state index contributed by atoms with van der Waals surface area (Å²) in [4.78, 5) is 11.0. The highest BCUT2D eigenvalue weighted by molar-refractivity contribution is 5.67. The van der Waals surface area contributed by atoms with E-state index in [1.807, 2.05) is 6.92 Å². The van der Waals surface area contributed by atoms with Crippen LogP contribution < -0.4 is 0 Å². The third-order valence-electron chi connectivity index (χ3n) is 3.65. The van der Waals surface area contributed by atoms with Crippen molar-refractivity contribution in [2.24, 2.45) is 0 Å². The summed E-state index contributed by atoms with van der Waals surface area (Å²) in [5, 5.41) is 20.7. The van der Waals surface area contributed by atoms with Crippen molar-refractivity contribution in [2.75, 3.05) is 6.61 Å². The van der Waals surface area contributed by atoms with E-state index in [-0.39, 0.29) is 12.5 Å². The SMILES string of the molecule is CCCC(CC(=O)O)n1nnnc1CCC1CCCO1. The van der Waals surface area contributed by atoms with Gasteiger partial charge < -0.3 is 9.84 Å². The maximum Gasteiger partial charge on any atom is 0.305 e. The fourth-order valence-corrected chi connectivity index (χ4v) is 2.67. The second kappa shape index (κ2) is 7.33. The number of nitrogens with zero attached hydrogens (tertiary/aromatic N) is 4. The lowest BCUT2D eigenvalue weighted by atomic mass is 10.1. The van der Waals surface area contributed by atoms with E-state index in [9.17, 15) is 4.79 Å². The van der Waals surface area contributed by atoms with E-state index in [1.54, 1.807) is 4.68 Å². The van der Waals surface area contributed by atoms with Crippen LogP contribution in [0.5, 0.6) is 0 Å². The number of ether oxygens (including phenoxy) is 1. The van der Waals surface area contributed by atoms with Gasteiger partial charge in [-0.2, -0.15) is 0 Å². The standard InChI is InChI=1S/C13H22N4O3/c1-2-4-10(9-13(18)19)17-12(14-15-16-17)7-6-11-5-3-8-20-11/h10-11H,2-9H2,1H3,(H,18,19). The van der Waals surface area contributed by atoms with E-state index >= 15 is 0 Å². The number of rotatable bonds is 8. The molecule has 112 valence electrons. The Morgan fingerprint density at radius 1 is 1.60 bits per heavy atom. The van der Waals surface area contributed by atoms with Gasteiger partial charge >= 0.3 is 5.97 Å². The second-order valence-corrected chi connectivity index (χ2v) is 5.25. The number of carbonyl (C=O) groups is 1. The number of hydrogen-bond acceptors (Lipinski definition) is 5. The molecule has 1 aliphatic rings. The molecule has 0 aliphatic carbocycles. The molecule has 0 radical (unpaired) electrons. The number of aryl methyl sites for hydroxylation is 1. The molecule has 2 unspecified atom stereocenters. The van der Waals surface area contributed by atoms with E-state index in [2.05, 4.69) is 15.5 Å². The molecule has 2 heterocycles. The Morgan fingerprint density at radius 3 is 3.10 bits per heavy atom.